The lowest BCUT2D eigenvalue weighted by Crippen LogP contribution is -2.33. The number of benzene rings is 3. The molecule has 0 aromatic heterocycles. The first-order chi connectivity index (χ1) is 16.5. The number of nitrogens with zero attached hydrogens (tertiary/aromatic N) is 1. The van der Waals surface area contributed by atoms with Gasteiger partial charge in [0.2, 0.25) is 10.0 Å². The van der Waals surface area contributed by atoms with Crippen LogP contribution < -0.4 is 19.1 Å². The van der Waals surface area contributed by atoms with E-state index in [1.165, 1.54) is 26.4 Å². The summed E-state index contributed by atoms with van der Waals surface area (Å²) in [7, 11) is -0.900. The zero-order valence-corrected chi connectivity index (χ0v) is 22.9. The Bertz CT molecular complexity index is 1320. The van der Waals surface area contributed by atoms with E-state index in [2.05, 4.69) is 21.2 Å². The van der Waals surface area contributed by atoms with Crippen molar-refractivity contribution in [1.29, 1.82) is 0 Å². The molecule has 0 aliphatic rings. The second kappa shape index (κ2) is 11.3. The van der Waals surface area contributed by atoms with Crippen LogP contribution in [0.2, 0.25) is 5.02 Å². The molecule has 3 rings (SSSR count). The first-order valence-corrected chi connectivity index (χ1v) is 13.6. The SMILES string of the molecule is COc1cc(C(=O)N[C@H](C)c2cccc(Br)c2)c(N(Cc2ccc(Cl)cc2)S(C)(=O)=O)cc1OC. The van der Waals surface area contributed by atoms with E-state index in [0.29, 0.717) is 22.1 Å². The van der Waals surface area contributed by atoms with Crippen LogP contribution in [0, 0.1) is 0 Å². The molecule has 0 spiro atoms. The quantitative estimate of drug-likeness (QED) is 0.357. The van der Waals surface area contributed by atoms with Gasteiger partial charge in [-0.25, -0.2) is 8.42 Å². The second-order valence-corrected chi connectivity index (χ2v) is 11.1. The lowest BCUT2D eigenvalue weighted by molar-refractivity contribution is 0.0940. The Morgan fingerprint density at radius 1 is 1.06 bits per heavy atom. The van der Waals surface area contributed by atoms with Crippen molar-refractivity contribution < 1.29 is 22.7 Å². The topological polar surface area (TPSA) is 84.9 Å². The van der Waals surface area contributed by atoms with E-state index in [0.717, 1.165) is 20.6 Å². The number of halogens is 2. The van der Waals surface area contributed by atoms with Crippen LogP contribution in [0.15, 0.2) is 65.1 Å². The van der Waals surface area contributed by atoms with Crippen LogP contribution in [-0.4, -0.2) is 34.8 Å². The predicted molar refractivity (Wildman–Crippen MR) is 142 cm³/mol. The lowest BCUT2D eigenvalue weighted by atomic mass is 10.1. The fraction of sp³-hybridized carbons (Fsp3) is 0.240. The number of rotatable bonds is 9. The van der Waals surface area contributed by atoms with Gasteiger partial charge in [-0.3, -0.25) is 9.10 Å². The molecule has 0 aliphatic carbocycles. The fourth-order valence-corrected chi connectivity index (χ4v) is 4.96. The summed E-state index contributed by atoms with van der Waals surface area (Å²) in [6.07, 6.45) is 1.09. The minimum absolute atomic E-state index is 0.00699. The standard InChI is InChI=1S/C25H26BrClN2O5S/c1-16(18-6-5-7-19(26)12-18)28-25(30)21-13-23(33-2)24(34-3)14-22(21)29(35(4,31)32)15-17-8-10-20(27)11-9-17/h5-14,16H,15H2,1-4H3,(H,28,30)/t16-/m1/s1. The molecule has 0 unspecified atom stereocenters. The molecule has 0 fully saturated rings. The van der Waals surface area contributed by atoms with Crippen molar-refractivity contribution in [3.8, 4) is 11.5 Å². The number of sulfonamides is 1. The van der Waals surface area contributed by atoms with Gasteiger partial charge in [0.15, 0.2) is 11.5 Å². The number of anilines is 1. The highest BCUT2D eigenvalue weighted by Gasteiger charge is 2.27. The minimum Gasteiger partial charge on any atom is -0.493 e. The van der Waals surface area contributed by atoms with E-state index in [4.69, 9.17) is 21.1 Å². The maximum absolute atomic E-state index is 13.5. The third kappa shape index (κ3) is 6.68. The summed E-state index contributed by atoms with van der Waals surface area (Å²) in [5, 5.41) is 3.49. The smallest absolute Gasteiger partial charge is 0.254 e. The van der Waals surface area contributed by atoms with E-state index in [1.54, 1.807) is 24.3 Å². The molecule has 0 aliphatic heterocycles. The second-order valence-electron chi connectivity index (χ2n) is 7.87. The summed E-state index contributed by atoms with van der Waals surface area (Å²) in [6.45, 7) is 1.84. The van der Waals surface area contributed by atoms with Gasteiger partial charge in [0, 0.05) is 15.6 Å². The largest absolute Gasteiger partial charge is 0.493 e. The van der Waals surface area contributed by atoms with E-state index < -0.39 is 15.9 Å². The summed E-state index contributed by atoms with van der Waals surface area (Å²) in [5.41, 5.74) is 1.88. The van der Waals surface area contributed by atoms with Crippen LogP contribution in [0.4, 0.5) is 5.69 Å². The van der Waals surface area contributed by atoms with Gasteiger partial charge in [-0.1, -0.05) is 51.8 Å². The Kier molecular flexibility index (Phi) is 8.69. The van der Waals surface area contributed by atoms with Crippen molar-refractivity contribution in [3.63, 3.8) is 0 Å². The number of amides is 1. The van der Waals surface area contributed by atoms with Crippen molar-refractivity contribution in [2.45, 2.75) is 19.5 Å². The molecule has 35 heavy (non-hydrogen) atoms. The summed E-state index contributed by atoms with van der Waals surface area (Å²) in [4.78, 5) is 13.5. The van der Waals surface area contributed by atoms with E-state index in [9.17, 15) is 13.2 Å². The average Bonchev–Trinajstić information content (AvgIpc) is 2.82. The summed E-state index contributed by atoms with van der Waals surface area (Å²) < 4.78 is 38.6. The number of nitrogens with one attached hydrogen (secondary N) is 1. The molecule has 0 bridgehead atoms. The minimum atomic E-state index is -3.80. The molecule has 0 heterocycles. The Morgan fingerprint density at radius 3 is 2.26 bits per heavy atom. The molecule has 10 heteroatoms. The number of ether oxygens (including phenoxy) is 2. The maximum Gasteiger partial charge on any atom is 0.254 e. The van der Waals surface area contributed by atoms with Crippen LogP contribution in [0.5, 0.6) is 11.5 Å². The molecular formula is C25H26BrClN2O5S. The van der Waals surface area contributed by atoms with Crippen molar-refractivity contribution in [2.75, 3.05) is 24.8 Å². The molecule has 186 valence electrons. The van der Waals surface area contributed by atoms with Gasteiger partial charge in [0.05, 0.1) is 44.3 Å². The van der Waals surface area contributed by atoms with E-state index in [1.807, 2.05) is 31.2 Å². The lowest BCUT2D eigenvalue weighted by Gasteiger charge is -2.26. The highest BCUT2D eigenvalue weighted by atomic mass is 79.9. The highest BCUT2D eigenvalue weighted by Crippen LogP contribution is 2.37. The number of methoxy groups -OCH3 is 2. The molecular weight excluding hydrogens is 556 g/mol. The van der Waals surface area contributed by atoms with E-state index in [-0.39, 0.29) is 23.8 Å². The Labute approximate surface area is 219 Å². The maximum atomic E-state index is 13.5. The predicted octanol–water partition coefficient (Wildman–Crippen LogP) is 5.58. The van der Waals surface area contributed by atoms with Gasteiger partial charge in [0.1, 0.15) is 0 Å². The zero-order chi connectivity index (χ0) is 25.8. The van der Waals surface area contributed by atoms with Crippen LogP contribution >= 0.6 is 27.5 Å². The zero-order valence-electron chi connectivity index (χ0n) is 19.7. The number of carbonyl (C=O) groups excluding carboxylic acids is 1. The van der Waals surface area contributed by atoms with Gasteiger partial charge < -0.3 is 14.8 Å². The third-order valence-corrected chi connectivity index (χ3v) is 7.22. The van der Waals surface area contributed by atoms with Crippen molar-refractivity contribution in [2.24, 2.45) is 0 Å². The molecule has 0 radical (unpaired) electrons. The van der Waals surface area contributed by atoms with Gasteiger partial charge in [0.25, 0.3) is 5.91 Å². The number of carbonyl (C=O) groups is 1. The van der Waals surface area contributed by atoms with Gasteiger partial charge in [-0.05, 0) is 48.4 Å². The number of hydrogen-bond acceptors (Lipinski definition) is 5. The molecule has 0 saturated carbocycles. The van der Waals surface area contributed by atoms with E-state index >= 15 is 0 Å². The monoisotopic (exact) mass is 580 g/mol. The fourth-order valence-electron chi connectivity index (χ4n) is 3.53. The molecule has 1 N–H and O–H groups in total. The van der Waals surface area contributed by atoms with Crippen molar-refractivity contribution in [3.05, 3.63) is 86.8 Å². The van der Waals surface area contributed by atoms with Gasteiger partial charge in [-0.2, -0.15) is 0 Å². The Hall–Kier alpha value is -2.75. The normalized spacial score (nSPS) is 12.1. The first kappa shape index (κ1) is 26.8. The molecule has 7 nitrogen and oxygen atoms in total. The summed E-state index contributed by atoms with van der Waals surface area (Å²) in [5.74, 6) is 0.137. The van der Waals surface area contributed by atoms with Crippen molar-refractivity contribution in [1.82, 2.24) is 5.32 Å². The first-order valence-electron chi connectivity index (χ1n) is 10.6. The average molecular weight is 582 g/mol. The van der Waals surface area contributed by atoms with Crippen LogP contribution in [0.1, 0.15) is 34.5 Å². The van der Waals surface area contributed by atoms with Gasteiger partial charge >= 0.3 is 0 Å². The summed E-state index contributed by atoms with van der Waals surface area (Å²) >= 11 is 9.43. The Morgan fingerprint density at radius 2 is 1.69 bits per heavy atom. The number of hydrogen-bond donors (Lipinski definition) is 1. The van der Waals surface area contributed by atoms with Gasteiger partial charge in [-0.15, -0.1) is 0 Å². The van der Waals surface area contributed by atoms with Crippen LogP contribution in [0.3, 0.4) is 0 Å². The summed E-state index contributed by atoms with van der Waals surface area (Å²) in [6, 6.07) is 17.0. The van der Waals surface area contributed by atoms with Crippen LogP contribution in [-0.2, 0) is 16.6 Å². The Balaban J connectivity index is 2.08. The van der Waals surface area contributed by atoms with Crippen molar-refractivity contribution >= 4 is 49.1 Å². The molecule has 1 atom stereocenters. The highest BCUT2D eigenvalue weighted by molar-refractivity contribution is 9.10. The third-order valence-electron chi connectivity index (χ3n) is 5.35. The van der Waals surface area contributed by atoms with Crippen LogP contribution in [0.25, 0.3) is 0 Å². The molecule has 0 saturated heterocycles. The molecule has 3 aromatic carbocycles. The molecule has 1 amide bonds. The molecule has 3 aromatic rings.